The Kier molecular flexibility index (Phi) is 8.29. The number of rotatable bonds is 6. The van der Waals surface area contributed by atoms with Crippen molar-refractivity contribution in [3.63, 3.8) is 0 Å². The van der Waals surface area contributed by atoms with Gasteiger partial charge in [-0.1, -0.05) is 133 Å². The first-order valence-corrected chi connectivity index (χ1v) is 19.0. The lowest BCUT2D eigenvalue weighted by atomic mass is 9.89. The molecule has 0 aliphatic heterocycles. The van der Waals surface area contributed by atoms with Crippen molar-refractivity contribution in [3.05, 3.63) is 180 Å². The van der Waals surface area contributed by atoms with Crippen LogP contribution in [-0.4, -0.2) is 9.97 Å². The number of nitrogens with zero attached hydrogens (tertiary/aromatic N) is 2. The van der Waals surface area contributed by atoms with E-state index in [0.717, 1.165) is 45.0 Å². The molecule has 9 aromatic rings. The van der Waals surface area contributed by atoms with Crippen molar-refractivity contribution in [3.8, 4) is 67.3 Å². The summed E-state index contributed by atoms with van der Waals surface area (Å²) in [5.74, 6) is 0. The van der Waals surface area contributed by atoms with Crippen molar-refractivity contribution in [1.82, 2.24) is 9.97 Å². The lowest BCUT2D eigenvalue weighted by molar-refractivity contribution is 1.23. The second-order valence-corrected chi connectivity index (χ2v) is 14.9. The highest BCUT2D eigenvalue weighted by Crippen LogP contribution is 2.43. The molecule has 0 fully saturated rings. The molecule has 254 valence electrons. The molecule has 3 heterocycles. The number of benzene rings is 6. The van der Waals surface area contributed by atoms with Gasteiger partial charge in [0.25, 0.3) is 0 Å². The van der Waals surface area contributed by atoms with Crippen molar-refractivity contribution in [1.29, 1.82) is 0 Å². The summed E-state index contributed by atoms with van der Waals surface area (Å²) < 4.78 is 2.53. The molecule has 9 rings (SSSR count). The number of aromatic nitrogens is 2. The van der Waals surface area contributed by atoms with Crippen LogP contribution in [0.3, 0.4) is 0 Å². The molecule has 6 aromatic carbocycles. The third-order valence-corrected chi connectivity index (χ3v) is 11.8. The number of fused-ring (bicyclic) bond motifs is 3. The SMILES string of the molecule is Cc1c(-c2ccccc2)nc(-c2ccc3sc4ccc(-c5nc(-c6ccccc6)c(C)c(-c6ccccc6)c5C)cc4c3c2)c(C)c1-c1ccccc1. The Morgan fingerprint density at radius 2 is 0.623 bits per heavy atom. The minimum Gasteiger partial charge on any atom is -0.247 e. The Bertz CT molecular complexity index is 2590. The standard InChI is InChI=1S/C50H38N2S/c1-31-45(35-17-9-5-10-18-35)33(3)49(51-47(31)37-21-13-7-14-22-37)39-25-27-43-41(29-39)42-30-40(26-28-44(42)53-43)50-34(4)46(36-19-11-6-12-20-36)32(2)48(52-50)38-23-15-8-16-24-38/h5-30H,1-4H3. The van der Waals surface area contributed by atoms with Crippen molar-refractivity contribution < 1.29 is 0 Å². The lowest BCUT2D eigenvalue weighted by Crippen LogP contribution is -2.00. The Balaban J connectivity index is 1.25. The van der Waals surface area contributed by atoms with E-state index in [0.29, 0.717) is 0 Å². The summed E-state index contributed by atoms with van der Waals surface area (Å²) in [5.41, 5.74) is 18.2. The Labute approximate surface area is 315 Å². The first kappa shape index (κ1) is 32.7. The van der Waals surface area contributed by atoms with Gasteiger partial charge in [0.2, 0.25) is 0 Å². The molecule has 0 spiro atoms. The van der Waals surface area contributed by atoms with E-state index in [1.165, 1.54) is 64.7 Å². The molecule has 0 aliphatic carbocycles. The normalized spacial score (nSPS) is 11.4. The van der Waals surface area contributed by atoms with Crippen LogP contribution in [0.15, 0.2) is 158 Å². The van der Waals surface area contributed by atoms with E-state index in [2.05, 4.69) is 185 Å². The minimum absolute atomic E-state index is 1.02. The first-order chi connectivity index (χ1) is 26.0. The molecule has 3 aromatic heterocycles. The zero-order valence-corrected chi connectivity index (χ0v) is 31.1. The molecule has 2 nitrogen and oxygen atoms in total. The molecular formula is C50H38N2S. The predicted molar refractivity (Wildman–Crippen MR) is 226 cm³/mol. The van der Waals surface area contributed by atoms with Gasteiger partial charge in [0.1, 0.15) is 0 Å². The van der Waals surface area contributed by atoms with Crippen molar-refractivity contribution in [2.24, 2.45) is 0 Å². The Morgan fingerprint density at radius 3 is 0.962 bits per heavy atom. The summed E-state index contributed by atoms with van der Waals surface area (Å²) in [7, 11) is 0. The number of thiophene rings is 1. The van der Waals surface area contributed by atoms with Gasteiger partial charge in [-0.25, -0.2) is 9.97 Å². The van der Waals surface area contributed by atoms with Crippen molar-refractivity contribution >= 4 is 31.5 Å². The number of pyridine rings is 2. The van der Waals surface area contributed by atoms with Gasteiger partial charge >= 0.3 is 0 Å². The number of hydrogen-bond donors (Lipinski definition) is 0. The first-order valence-electron chi connectivity index (χ1n) is 18.2. The third kappa shape index (κ3) is 5.74. The molecule has 3 heteroatoms. The number of hydrogen-bond acceptors (Lipinski definition) is 3. The van der Waals surface area contributed by atoms with E-state index >= 15 is 0 Å². The highest BCUT2D eigenvalue weighted by atomic mass is 32.1. The van der Waals surface area contributed by atoms with Crippen LogP contribution in [0.25, 0.3) is 87.5 Å². The fourth-order valence-electron chi connectivity index (χ4n) is 8.06. The maximum Gasteiger partial charge on any atom is 0.0745 e. The van der Waals surface area contributed by atoms with Crippen LogP contribution in [0.5, 0.6) is 0 Å². The third-order valence-electron chi connectivity index (χ3n) is 10.6. The largest absolute Gasteiger partial charge is 0.247 e. The average molecular weight is 699 g/mol. The molecule has 0 unspecified atom stereocenters. The summed E-state index contributed by atoms with van der Waals surface area (Å²) in [6.45, 7) is 8.86. The highest BCUT2D eigenvalue weighted by Gasteiger charge is 2.21. The van der Waals surface area contributed by atoms with E-state index < -0.39 is 0 Å². The zero-order valence-electron chi connectivity index (χ0n) is 30.3. The van der Waals surface area contributed by atoms with E-state index in [1.807, 2.05) is 11.3 Å². The van der Waals surface area contributed by atoms with Gasteiger partial charge in [-0.05, 0) is 96.5 Å². The lowest BCUT2D eigenvalue weighted by Gasteiger charge is -2.19. The zero-order chi connectivity index (χ0) is 36.1. The molecule has 0 N–H and O–H groups in total. The topological polar surface area (TPSA) is 25.8 Å². The van der Waals surface area contributed by atoms with Gasteiger partial charge in [-0.3, -0.25) is 0 Å². The van der Waals surface area contributed by atoms with Gasteiger partial charge in [-0.15, -0.1) is 11.3 Å². The van der Waals surface area contributed by atoms with Crippen LogP contribution in [0.2, 0.25) is 0 Å². The highest BCUT2D eigenvalue weighted by molar-refractivity contribution is 7.25. The monoisotopic (exact) mass is 698 g/mol. The summed E-state index contributed by atoms with van der Waals surface area (Å²) >= 11 is 1.84. The fourth-order valence-corrected chi connectivity index (χ4v) is 9.13. The molecule has 0 radical (unpaired) electrons. The van der Waals surface area contributed by atoms with Crippen LogP contribution >= 0.6 is 11.3 Å². The minimum atomic E-state index is 1.02. The van der Waals surface area contributed by atoms with Gasteiger partial charge < -0.3 is 0 Å². The van der Waals surface area contributed by atoms with E-state index in [1.54, 1.807) is 0 Å². The second-order valence-electron chi connectivity index (χ2n) is 13.9. The summed E-state index contributed by atoms with van der Waals surface area (Å²) in [6, 6.07) is 56.4. The van der Waals surface area contributed by atoms with Gasteiger partial charge in [0, 0.05) is 42.4 Å². The van der Waals surface area contributed by atoms with Crippen molar-refractivity contribution in [2.75, 3.05) is 0 Å². The molecule has 53 heavy (non-hydrogen) atoms. The van der Waals surface area contributed by atoms with Gasteiger partial charge in [0.15, 0.2) is 0 Å². The average Bonchev–Trinajstić information content (AvgIpc) is 3.57. The van der Waals surface area contributed by atoms with Crippen LogP contribution in [0.4, 0.5) is 0 Å². The van der Waals surface area contributed by atoms with Crippen LogP contribution in [0, 0.1) is 27.7 Å². The summed E-state index contributed by atoms with van der Waals surface area (Å²) in [6.07, 6.45) is 0. The molecule has 0 atom stereocenters. The fraction of sp³-hybridized carbons (Fsp3) is 0.0800. The summed E-state index contributed by atoms with van der Waals surface area (Å²) in [5, 5.41) is 2.48. The van der Waals surface area contributed by atoms with E-state index in [9.17, 15) is 0 Å². The Morgan fingerprint density at radius 1 is 0.321 bits per heavy atom. The van der Waals surface area contributed by atoms with E-state index in [-0.39, 0.29) is 0 Å². The predicted octanol–water partition coefficient (Wildman–Crippen LogP) is 14.1. The van der Waals surface area contributed by atoms with Gasteiger partial charge in [-0.2, -0.15) is 0 Å². The second kappa shape index (κ2) is 13.4. The molecule has 0 aliphatic rings. The molecular weight excluding hydrogens is 661 g/mol. The molecule has 0 bridgehead atoms. The summed E-state index contributed by atoms with van der Waals surface area (Å²) in [4.78, 5) is 10.9. The van der Waals surface area contributed by atoms with Gasteiger partial charge in [0.05, 0.1) is 22.8 Å². The maximum atomic E-state index is 5.43. The van der Waals surface area contributed by atoms with Crippen LogP contribution in [-0.2, 0) is 0 Å². The molecule has 0 saturated heterocycles. The smallest absolute Gasteiger partial charge is 0.0745 e. The van der Waals surface area contributed by atoms with Crippen LogP contribution in [0.1, 0.15) is 22.3 Å². The maximum absolute atomic E-state index is 5.43. The Hall–Kier alpha value is -6.16. The van der Waals surface area contributed by atoms with Crippen LogP contribution < -0.4 is 0 Å². The molecule has 0 amide bonds. The van der Waals surface area contributed by atoms with E-state index in [4.69, 9.17) is 9.97 Å². The van der Waals surface area contributed by atoms with Crippen molar-refractivity contribution in [2.45, 2.75) is 27.7 Å². The quantitative estimate of drug-likeness (QED) is 0.173. The molecule has 0 saturated carbocycles.